The maximum Gasteiger partial charge on any atom is 0.406 e. The van der Waals surface area contributed by atoms with E-state index in [1.165, 1.54) is 12.3 Å². The van der Waals surface area contributed by atoms with Crippen molar-refractivity contribution in [2.45, 2.75) is 13.1 Å². The highest BCUT2D eigenvalue weighted by molar-refractivity contribution is 5.42. The molecule has 0 aliphatic carbocycles. The van der Waals surface area contributed by atoms with Crippen molar-refractivity contribution in [1.82, 2.24) is 4.98 Å². The number of rotatable bonds is 5. The van der Waals surface area contributed by atoms with Crippen LogP contribution in [0.5, 0.6) is 5.88 Å². The zero-order valence-electron chi connectivity index (χ0n) is 9.66. The first-order valence-electron chi connectivity index (χ1n) is 5.26. The van der Waals surface area contributed by atoms with Crippen LogP contribution in [0.25, 0.3) is 0 Å². The first-order valence-corrected chi connectivity index (χ1v) is 5.26. The van der Waals surface area contributed by atoms with Gasteiger partial charge in [0.1, 0.15) is 0 Å². The second-order valence-electron chi connectivity index (χ2n) is 3.42. The molecule has 0 aliphatic heterocycles. The lowest BCUT2D eigenvalue weighted by Gasteiger charge is -2.14. The summed E-state index contributed by atoms with van der Waals surface area (Å²) < 4.78 is 42.0. The Bertz CT molecular complexity index is 411. The Hall–Kier alpha value is -1.97. The Balaban J connectivity index is 2.56. The van der Waals surface area contributed by atoms with Crippen molar-refractivity contribution in [2.75, 3.05) is 18.5 Å². The molecular formula is C11H12F3N3O. The molecule has 1 unspecified atom stereocenters. The van der Waals surface area contributed by atoms with Crippen molar-refractivity contribution in [3.63, 3.8) is 0 Å². The number of nitrogens with zero attached hydrogens (tertiary/aromatic N) is 2. The van der Waals surface area contributed by atoms with Gasteiger partial charge in [0.2, 0.25) is 5.88 Å². The molecule has 1 aromatic heterocycles. The van der Waals surface area contributed by atoms with E-state index in [1.807, 2.05) is 0 Å². The van der Waals surface area contributed by atoms with Crippen molar-refractivity contribution < 1.29 is 17.9 Å². The third kappa shape index (κ3) is 4.13. The molecule has 18 heavy (non-hydrogen) atoms. The number of alkyl halides is 3. The minimum atomic E-state index is -4.53. The highest BCUT2D eigenvalue weighted by Crippen LogP contribution is 2.26. The monoisotopic (exact) mass is 259 g/mol. The fourth-order valence-corrected chi connectivity index (χ4v) is 1.17. The average molecular weight is 259 g/mol. The number of pyridine rings is 1. The van der Waals surface area contributed by atoms with Gasteiger partial charge in [0.15, 0.2) is 5.92 Å². The van der Waals surface area contributed by atoms with Crippen LogP contribution in [0.2, 0.25) is 0 Å². The Morgan fingerprint density at radius 3 is 2.67 bits per heavy atom. The van der Waals surface area contributed by atoms with E-state index in [2.05, 4.69) is 10.3 Å². The predicted octanol–water partition coefficient (Wildman–Crippen LogP) is 2.59. The number of aromatic nitrogens is 1. The minimum Gasteiger partial charge on any atom is -0.478 e. The van der Waals surface area contributed by atoms with Crippen LogP contribution in [-0.2, 0) is 0 Å². The molecule has 1 aromatic rings. The zero-order valence-corrected chi connectivity index (χ0v) is 9.66. The SMILES string of the molecule is CCOc1ccc(NCC(C#N)C(F)(F)F)cn1. The van der Waals surface area contributed by atoms with Crippen LogP contribution in [0.3, 0.4) is 0 Å². The van der Waals surface area contributed by atoms with E-state index < -0.39 is 18.6 Å². The summed E-state index contributed by atoms with van der Waals surface area (Å²) >= 11 is 0. The van der Waals surface area contributed by atoms with Crippen molar-refractivity contribution >= 4 is 5.69 Å². The number of hydrogen-bond acceptors (Lipinski definition) is 4. The summed E-state index contributed by atoms with van der Waals surface area (Å²) in [6.07, 6.45) is -3.17. The molecule has 0 saturated carbocycles. The lowest BCUT2D eigenvalue weighted by Crippen LogP contribution is -2.28. The molecule has 0 saturated heterocycles. The normalized spacial score (nSPS) is 12.6. The molecule has 0 spiro atoms. The van der Waals surface area contributed by atoms with Crippen LogP contribution in [-0.4, -0.2) is 24.3 Å². The topological polar surface area (TPSA) is 57.9 Å². The van der Waals surface area contributed by atoms with Crippen molar-refractivity contribution in [3.8, 4) is 11.9 Å². The Kier molecular flexibility index (Phi) is 4.77. The second-order valence-corrected chi connectivity index (χ2v) is 3.42. The van der Waals surface area contributed by atoms with Gasteiger partial charge in [0.05, 0.1) is 24.6 Å². The van der Waals surface area contributed by atoms with E-state index in [0.29, 0.717) is 18.2 Å². The van der Waals surface area contributed by atoms with E-state index in [4.69, 9.17) is 10.00 Å². The number of hydrogen-bond donors (Lipinski definition) is 1. The van der Waals surface area contributed by atoms with Gasteiger partial charge < -0.3 is 10.1 Å². The molecule has 0 aromatic carbocycles. The molecule has 7 heteroatoms. The standard InChI is InChI=1S/C11H12F3N3O/c1-2-18-10-4-3-9(7-17-10)16-6-8(5-15)11(12,13)14/h3-4,7-8,16H,2,6H2,1H3. The Morgan fingerprint density at radius 1 is 1.50 bits per heavy atom. The molecule has 98 valence electrons. The summed E-state index contributed by atoms with van der Waals surface area (Å²) in [4.78, 5) is 3.89. The number of halogens is 3. The van der Waals surface area contributed by atoms with Gasteiger partial charge in [-0.15, -0.1) is 0 Å². The molecule has 0 radical (unpaired) electrons. The maximum absolute atomic E-state index is 12.3. The van der Waals surface area contributed by atoms with E-state index in [-0.39, 0.29) is 0 Å². The predicted molar refractivity (Wildman–Crippen MR) is 59.1 cm³/mol. The van der Waals surface area contributed by atoms with E-state index in [0.717, 1.165) is 0 Å². The van der Waals surface area contributed by atoms with Gasteiger partial charge in [-0.25, -0.2) is 4.98 Å². The van der Waals surface area contributed by atoms with Crippen molar-refractivity contribution in [1.29, 1.82) is 5.26 Å². The van der Waals surface area contributed by atoms with Crippen LogP contribution in [0.15, 0.2) is 18.3 Å². The highest BCUT2D eigenvalue weighted by atomic mass is 19.4. The zero-order chi connectivity index (χ0) is 13.6. The van der Waals surface area contributed by atoms with E-state index >= 15 is 0 Å². The van der Waals surface area contributed by atoms with Gasteiger partial charge in [-0.1, -0.05) is 0 Å². The highest BCUT2D eigenvalue weighted by Gasteiger charge is 2.39. The maximum atomic E-state index is 12.3. The smallest absolute Gasteiger partial charge is 0.406 e. The summed E-state index contributed by atoms with van der Waals surface area (Å²) in [5.74, 6) is -1.64. The van der Waals surface area contributed by atoms with E-state index in [9.17, 15) is 13.2 Å². The van der Waals surface area contributed by atoms with Gasteiger partial charge in [-0.3, -0.25) is 0 Å². The second kappa shape index (κ2) is 6.10. The summed E-state index contributed by atoms with van der Waals surface area (Å²) in [7, 11) is 0. The lowest BCUT2D eigenvalue weighted by atomic mass is 10.1. The van der Waals surface area contributed by atoms with E-state index in [1.54, 1.807) is 19.1 Å². The Morgan fingerprint density at radius 2 is 2.22 bits per heavy atom. The molecule has 0 amide bonds. The third-order valence-electron chi connectivity index (χ3n) is 2.09. The summed E-state index contributed by atoms with van der Waals surface area (Å²) in [5.41, 5.74) is 0.406. The van der Waals surface area contributed by atoms with Crippen LogP contribution in [0, 0.1) is 17.2 Å². The summed E-state index contributed by atoms with van der Waals surface area (Å²) in [5, 5.41) is 10.9. The summed E-state index contributed by atoms with van der Waals surface area (Å²) in [6, 6.07) is 4.30. The van der Waals surface area contributed by atoms with Gasteiger partial charge in [-0.05, 0) is 13.0 Å². The number of nitrogens with one attached hydrogen (secondary N) is 1. The number of nitriles is 1. The van der Waals surface area contributed by atoms with Crippen molar-refractivity contribution in [3.05, 3.63) is 18.3 Å². The first-order chi connectivity index (χ1) is 8.47. The van der Waals surface area contributed by atoms with Crippen LogP contribution >= 0.6 is 0 Å². The average Bonchev–Trinajstić information content (AvgIpc) is 2.30. The quantitative estimate of drug-likeness (QED) is 0.883. The third-order valence-corrected chi connectivity index (χ3v) is 2.09. The first kappa shape index (κ1) is 14.1. The molecule has 0 fully saturated rings. The number of ether oxygens (including phenoxy) is 1. The fraction of sp³-hybridized carbons (Fsp3) is 0.455. The minimum absolute atomic E-state index is 0.399. The van der Waals surface area contributed by atoms with Crippen LogP contribution in [0.1, 0.15) is 6.92 Å². The molecule has 1 N–H and O–H groups in total. The van der Waals surface area contributed by atoms with Crippen LogP contribution in [0.4, 0.5) is 18.9 Å². The van der Waals surface area contributed by atoms with Gasteiger partial charge in [-0.2, -0.15) is 18.4 Å². The van der Waals surface area contributed by atoms with Gasteiger partial charge >= 0.3 is 6.18 Å². The van der Waals surface area contributed by atoms with Gasteiger partial charge in [0, 0.05) is 12.6 Å². The molecule has 4 nitrogen and oxygen atoms in total. The Labute approximate surface area is 102 Å². The summed E-state index contributed by atoms with van der Waals surface area (Å²) in [6.45, 7) is 1.76. The van der Waals surface area contributed by atoms with Crippen LogP contribution < -0.4 is 10.1 Å². The lowest BCUT2D eigenvalue weighted by molar-refractivity contribution is -0.155. The largest absolute Gasteiger partial charge is 0.478 e. The molecule has 1 rings (SSSR count). The number of anilines is 1. The molecular weight excluding hydrogens is 247 g/mol. The molecule has 1 heterocycles. The molecule has 0 bridgehead atoms. The molecule has 1 atom stereocenters. The van der Waals surface area contributed by atoms with Gasteiger partial charge in [0.25, 0.3) is 0 Å². The fourth-order valence-electron chi connectivity index (χ4n) is 1.17. The molecule has 0 aliphatic rings. The van der Waals surface area contributed by atoms with Crippen molar-refractivity contribution in [2.24, 2.45) is 5.92 Å².